The van der Waals surface area contributed by atoms with Gasteiger partial charge in [0.2, 0.25) is 0 Å². The van der Waals surface area contributed by atoms with Crippen LogP contribution in [0.1, 0.15) is 31.0 Å². The number of aromatic amines is 1. The van der Waals surface area contributed by atoms with Crippen molar-refractivity contribution < 1.29 is 0 Å². The summed E-state index contributed by atoms with van der Waals surface area (Å²) in [5.41, 5.74) is 3.03. The van der Waals surface area contributed by atoms with Crippen LogP contribution in [0.3, 0.4) is 0 Å². The van der Waals surface area contributed by atoms with Crippen LogP contribution in [0.25, 0.3) is 5.69 Å². The van der Waals surface area contributed by atoms with E-state index in [-0.39, 0.29) is 5.69 Å². The average Bonchev–Trinajstić information content (AvgIpc) is 2.68. The van der Waals surface area contributed by atoms with Gasteiger partial charge in [-0.15, -0.1) is 0 Å². The molecule has 1 aromatic heterocycles. The van der Waals surface area contributed by atoms with E-state index < -0.39 is 0 Å². The molecule has 90 valence electrons. The Hall–Kier alpha value is -1.77. The van der Waals surface area contributed by atoms with Crippen molar-refractivity contribution in [2.45, 2.75) is 33.1 Å². The van der Waals surface area contributed by atoms with Crippen molar-refractivity contribution in [1.29, 1.82) is 0 Å². The maximum atomic E-state index is 11.9. The van der Waals surface area contributed by atoms with E-state index in [0.29, 0.717) is 0 Å². The third kappa shape index (κ3) is 2.49. The summed E-state index contributed by atoms with van der Waals surface area (Å²) in [6.45, 7) is 4.16. The number of aromatic nitrogens is 2. The molecule has 0 radical (unpaired) electrons. The van der Waals surface area contributed by atoms with Crippen LogP contribution in [0.5, 0.6) is 0 Å². The van der Waals surface area contributed by atoms with Crippen LogP contribution >= 0.6 is 0 Å². The average molecular weight is 230 g/mol. The third-order valence-corrected chi connectivity index (χ3v) is 2.95. The third-order valence-electron chi connectivity index (χ3n) is 2.95. The number of nitrogens with one attached hydrogen (secondary N) is 1. The fraction of sp³-hybridized carbons (Fsp3) is 0.357. The van der Waals surface area contributed by atoms with E-state index >= 15 is 0 Å². The molecule has 1 aromatic carbocycles. The summed E-state index contributed by atoms with van der Waals surface area (Å²) in [6.07, 6.45) is 5.09. The summed E-state index contributed by atoms with van der Waals surface area (Å²) in [7, 11) is 0. The van der Waals surface area contributed by atoms with Crippen LogP contribution in [0.4, 0.5) is 0 Å². The van der Waals surface area contributed by atoms with Gasteiger partial charge in [0.05, 0.1) is 5.69 Å². The monoisotopic (exact) mass is 230 g/mol. The van der Waals surface area contributed by atoms with Gasteiger partial charge in [0.15, 0.2) is 0 Å². The fourth-order valence-corrected chi connectivity index (χ4v) is 1.95. The Bertz CT molecular complexity index is 551. The first kappa shape index (κ1) is 11.7. The van der Waals surface area contributed by atoms with Crippen molar-refractivity contribution in [3.63, 3.8) is 0 Å². The molecule has 0 aliphatic heterocycles. The lowest BCUT2D eigenvalue weighted by Gasteiger charge is -2.04. The highest BCUT2D eigenvalue weighted by Gasteiger charge is 2.06. The quantitative estimate of drug-likeness (QED) is 0.861. The van der Waals surface area contributed by atoms with Crippen LogP contribution < -0.4 is 5.69 Å². The smallest absolute Gasteiger partial charge is 0.310 e. The van der Waals surface area contributed by atoms with Crippen molar-refractivity contribution >= 4 is 0 Å². The van der Waals surface area contributed by atoms with Crippen molar-refractivity contribution in [2.75, 3.05) is 0 Å². The highest BCUT2D eigenvalue weighted by Crippen LogP contribution is 2.12. The lowest BCUT2D eigenvalue weighted by atomic mass is 10.2. The number of hydrogen-bond donors (Lipinski definition) is 1. The van der Waals surface area contributed by atoms with Crippen molar-refractivity contribution in [1.82, 2.24) is 9.55 Å². The molecule has 3 heteroatoms. The Morgan fingerprint density at radius 1 is 1.29 bits per heavy atom. The Balaban J connectivity index is 2.37. The lowest BCUT2D eigenvalue weighted by Crippen LogP contribution is -2.14. The van der Waals surface area contributed by atoms with Gasteiger partial charge in [0.1, 0.15) is 0 Å². The number of nitrogens with zero attached hydrogens (tertiary/aromatic N) is 1. The first-order chi connectivity index (χ1) is 8.22. The molecule has 2 aromatic rings. The number of hydrogen-bond acceptors (Lipinski definition) is 1. The Kier molecular flexibility index (Phi) is 3.47. The first-order valence-electron chi connectivity index (χ1n) is 6.09. The second kappa shape index (κ2) is 5.04. The van der Waals surface area contributed by atoms with Gasteiger partial charge in [0.25, 0.3) is 0 Å². The zero-order valence-corrected chi connectivity index (χ0v) is 10.4. The first-order valence-corrected chi connectivity index (χ1v) is 6.09. The molecular formula is C14H18N2O. The van der Waals surface area contributed by atoms with Crippen LogP contribution in [0.15, 0.2) is 35.3 Å². The van der Waals surface area contributed by atoms with E-state index in [0.717, 1.165) is 36.2 Å². The normalized spacial score (nSPS) is 10.7. The molecule has 0 saturated heterocycles. The molecule has 0 unspecified atom stereocenters. The fourth-order valence-electron chi connectivity index (χ4n) is 1.95. The van der Waals surface area contributed by atoms with E-state index in [2.05, 4.69) is 11.9 Å². The van der Waals surface area contributed by atoms with E-state index in [1.54, 1.807) is 4.57 Å². The zero-order valence-electron chi connectivity index (χ0n) is 10.4. The van der Waals surface area contributed by atoms with Gasteiger partial charge in [-0.25, -0.2) is 4.79 Å². The van der Waals surface area contributed by atoms with Gasteiger partial charge in [-0.1, -0.05) is 31.5 Å². The largest absolute Gasteiger partial charge is 0.330 e. The van der Waals surface area contributed by atoms with Gasteiger partial charge < -0.3 is 4.98 Å². The molecule has 0 saturated carbocycles. The predicted molar refractivity (Wildman–Crippen MR) is 69.7 cm³/mol. The van der Waals surface area contributed by atoms with Crippen molar-refractivity contribution in [3.8, 4) is 5.69 Å². The SMILES string of the molecule is CCCCc1cn(-c2ccccc2C)c(=O)[nH]1. The molecule has 0 spiro atoms. The zero-order chi connectivity index (χ0) is 12.3. The number of rotatable bonds is 4. The van der Waals surface area contributed by atoms with E-state index in [1.165, 1.54) is 0 Å². The van der Waals surface area contributed by atoms with Crippen molar-refractivity contribution in [3.05, 3.63) is 52.2 Å². The molecule has 1 heterocycles. The van der Waals surface area contributed by atoms with Gasteiger partial charge in [-0.2, -0.15) is 0 Å². The summed E-state index contributed by atoms with van der Waals surface area (Å²) < 4.78 is 1.69. The number of unbranched alkanes of at least 4 members (excludes halogenated alkanes) is 1. The Morgan fingerprint density at radius 2 is 2.06 bits per heavy atom. The number of H-pyrrole nitrogens is 1. The predicted octanol–water partition coefficient (Wildman–Crippen LogP) is 2.82. The Labute approximate surface area is 101 Å². The highest BCUT2D eigenvalue weighted by molar-refractivity contribution is 5.40. The second-order valence-electron chi connectivity index (χ2n) is 4.34. The molecular weight excluding hydrogens is 212 g/mol. The van der Waals surface area contributed by atoms with Crippen LogP contribution in [0.2, 0.25) is 0 Å². The molecule has 0 aliphatic rings. The number of para-hydroxylation sites is 1. The number of imidazole rings is 1. The molecule has 0 amide bonds. The minimum absolute atomic E-state index is 0.0506. The Morgan fingerprint density at radius 3 is 2.76 bits per heavy atom. The van der Waals surface area contributed by atoms with Gasteiger partial charge in [-0.05, 0) is 31.4 Å². The van der Waals surface area contributed by atoms with Gasteiger partial charge in [0, 0.05) is 11.9 Å². The molecule has 0 atom stereocenters. The van der Waals surface area contributed by atoms with Gasteiger partial charge >= 0.3 is 5.69 Å². The highest BCUT2D eigenvalue weighted by atomic mass is 16.1. The van der Waals surface area contributed by atoms with Crippen LogP contribution in [-0.4, -0.2) is 9.55 Å². The minimum Gasteiger partial charge on any atom is -0.310 e. The van der Waals surface area contributed by atoms with E-state index in [1.807, 2.05) is 37.4 Å². The number of aryl methyl sites for hydroxylation is 2. The van der Waals surface area contributed by atoms with E-state index in [4.69, 9.17) is 0 Å². The molecule has 0 fully saturated rings. The number of benzene rings is 1. The second-order valence-corrected chi connectivity index (χ2v) is 4.34. The lowest BCUT2D eigenvalue weighted by molar-refractivity contribution is 0.779. The summed E-state index contributed by atoms with van der Waals surface area (Å²) >= 11 is 0. The molecule has 3 nitrogen and oxygen atoms in total. The molecule has 17 heavy (non-hydrogen) atoms. The minimum atomic E-state index is -0.0506. The standard InChI is InChI=1S/C14H18N2O/c1-3-4-8-12-10-16(14(17)15-12)13-9-6-5-7-11(13)2/h5-7,9-10H,3-4,8H2,1-2H3,(H,15,17). The summed E-state index contributed by atoms with van der Waals surface area (Å²) in [6, 6.07) is 7.91. The maximum Gasteiger partial charge on any atom is 0.330 e. The summed E-state index contributed by atoms with van der Waals surface area (Å²) in [5, 5.41) is 0. The molecule has 1 N–H and O–H groups in total. The van der Waals surface area contributed by atoms with Gasteiger partial charge in [-0.3, -0.25) is 4.57 Å². The molecule has 2 rings (SSSR count). The topological polar surface area (TPSA) is 37.8 Å². The van der Waals surface area contributed by atoms with Crippen LogP contribution in [-0.2, 0) is 6.42 Å². The molecule has 0 bridgehead atoms. The van der Waals surface area contributed by atoms with E-state index in [9.17, 15) is 4.79 Å². The maximum absolute atomic E-state index is 11.9. The summed E-state index contributed by atoms with van der Waals surface area (Å²) in [5.74, 6) is 0. The van der Waals surface area contributed by atoms with Crippen LogP contribution in [0, 0.1) is 6.92 Å². The van der Waals surface area contributed by atoms with Crippen molar-refractivity contribution in [2.24, 2.45) is 0 Å². The summed E-state index contributed by atoms with van der Waals surface area (Å²) in [4.78, 5) is 14.8. The molecule has 0 aliphatic carbocycles.